The molecule has 0 atom stereocenters. The Labute approximate surface area is 114 Å². The van der Waals surface area contributed by atoms with E-state index in [1.165, 1.54) is 25.3 Å². The van der Waals surface area contributed by atoms with Gasteiger partial charge in [-0.1, -0.05) is 11.6 Å². The molecule has 0 radical (unpaired) electrons. The van der Waals surface area contributed by atoms with Crippen molar-refractivity contribution >= 4 is 29.2 Å². The Morgan fingerprint density at radius 3 is 2.58 bits per heavy atom. The molecule has 100 valence electrons. The zero-order valence-corrected chi connectivity index (χ0v) is 11.0. The molecular formula is C11H11ClFN5O. The highest BCUT2D eigenvalue weighted by atomic mass is 35.5. The van der Waals surface area contributed by atoms with E-state index in [1.807, 2.05) is 0 Å². The number of methoxy groups -OCH3 is 1. The summed E-state index contributed by atoms with van der Waals surface area (Å²) >= 11 is 5.69. The Hall–Kier alpha value is -2.15. The number of hydrogen-bond donors (Lipinski definition) is 2. The van der Waals surface area contributed by atoms with Crippen LogP contribution in [0.4, 0.5) is 22.0 Å². The van der Waals surface area contributed by atoms with Gasteiger partial charge in [-0.15, -0.1) is 0 Å². The Morgan fingerprint density at radius 2 is 1.95 bits per heavy atom. The maximum atomic E-state index is 13.0. The van der Waals surface area contributed by atoms with Gasteiger partial charge in [0.05, 0.1) is 12.1 Å². The van der Waals surface area contributed by atoms with Gasteiger partial charge in [-0.05, 0) is 18.2 Å². The minimum absolute atomic E-state index is 0.0138. The molecule has 0 spiro atoms. The van der Waals surface area contributed by atoms with Crippen molar-refractivity contribution in [1.82, 2.24) is 15.0 Å². The van der Waals surface area contributed by atoms with Crippen LogP contribution in [0.15, 0.2) is 18.2 Å². The fourth-order valence-corrected chi connectivity index (χ4v) is 1.50. The molecule has 0 aliphatic carbocycles. The minimum Gasteiger partial charge on any atom is -0.467 e. The normalized spacial score (nSPS) is 10.1. The molecule has 1 heterocycles. The van der Waals surface area contributed by atoms with Crippen molar-refractivity contribution < 1.29 is 9.13 Å². The second-order valence-electron chi connectivity index (χ2n) is 3.47. The number of nitrogens with one attached hydrogen (secondary N) is 2. The number of ether oxygens (including phenoxy) is 1. The Morgan fingerprint density at radius 1 is 1.21 bits per heavy atom. The van der Waals surface area contributed by atoms with Gasteiger partial charge in [0.15, 0.2) is 0 Å². The van der Waals surface area contributed by atoms with Crippen LogP contribution in [0.1, 0.15) is 0 Å². The number of anilines is 3. The fraction of sp³-hybridized carbons (Fsp3) is 0.182. The van der Waals surface area contributed by atoms with Crippen LogP contribution >= 0.6 is 11.6 Å². The summed E-state index contributed by atoms with van der Waals surface area (Å²) < 4.78 is 18.0. The predicted octanol–water partition coefficient (Wildman–Crippen LogP) is 2.46. The smallest absolute Gasteiger partial charge is 0.322 e. The molecule has 0 fully saturated rings. The first-order chi connectivity index (χ1) is 9.12. The molecular weight excluding hydrogens is 273 g/mol. The van der Waals surface area contributed by atoms with Gasteiger partial charge < -0.3 is 15.4 Å². The average Bonchev–Trinajstić information content (AvgIpc) is 2.42. The SMILES string of the molecule is CNc1nc(Nc2ccc(F)c(Cl)c2)nc(OC)n1. The molecule has 0 saturated heterocycles. The van der Waals surface area contributed by atoms with Crippen LogP contribution in [0.2, 0.25) is 5.02 Å². The predicted molar refractivity (Wildman–Crippen MR) is 70.6 cm³/mol. The van der Waals surface area contributed by atoms with Crippen LogP contribution in [0, 0.1) is 5.82 Å². The van der Waals surface area contributed by atoms with Crippen molar-refractivity contribution in [1.29, 1.82) is 0 Å². The van der Waals surface area contributed by atoms with E-state index in [0.29, 0.717) is 11.6 Å². The molecule has 0 bridgehead atoms. The molecule has 2 rings (SSSR count). The quantitative estimate of drug-likeness (QED) is 0.898. The molecule has 0 unspecified atom stereocenters. The molecule has 8 heteroatoms. The van der Waals surface area contributed by atoms with Crippen LogP contribution in [-0.2, 0) is 0 Å². The van der Waals surface area contributed by atoms with E-state index < -0.39 is 5.82 Å². The summed E-state index contributed by atoms with van der Waals surface area (Å²) in [5.74, 6) is 0.123. The second kappa shape index (κ2) is 5.66. The number of halogens is 2. The van der Waals surface area contributed by atoms with Crippen LogP contribution < -0.4 is 15.4 Å². The lowest BCUT2D eigenvalue weighted by molar-refractivity contribution is 0.379. The third-order valence-electron chi connectivity index (χ3n) is 2.20. The Bertz CT molecular complexity index is 573. The van der Waals surface area contributed by atoms with Gasteiger partial charge >= 0.3 is 6.01 Å². The maximum Gasteiger partial charge on any atom is 0.322 e. The minimum atomic E-state index is -0.489. The van der Waals surface area contributed by atoms with Crippen molar-refractivity contribution in [3.63, 3.8) is 0 Å². The van der Waals surface area contributed by atoms with Crippen molar-refractivity contribution in [2.45, 2.75) is 0 Å². The van der Waals surface area contributed by atoms with E-state index in [9.17, 15) is 4.39 Å². The molecule has 0 amide bonds. The van der Waals surface area contributed by atoms with Gasteiger partial charge in [-0.25, -0.2) is 4.39 Å². The van der Waals surface area contributed by atoms with Crippen molar-refractivity contribution in [3.05, 3.63) is 29.0 Å². The average molecular weight is 284 g/mol. The number of aromatic nitrogens is 3. The molecule has 2 aromatic rings. The highest BCUT2D eigenvalue weighted by Gasteiger charge is 2.07. The summed E-state index contributed by atoms with van der Waals surface area (Å²) in [4.78, 5) is 12.1. The van der Waals surface area contributed by atoms with Gasteiger partial charge in [-0.3, -0.25) is 0 Å². The van der Waals surface area contributed by atoms with Crippen molar-refractivity contribution in [2.75, 3.05) is 24.8 Å². The summed E-state index contributed by atoms with van der Waals surface area (Å²) in [6, 6.07) is 4.38. The topological polar surface area (TPSA) is 72.0 Å². The number of nitrogens with zero attached hydrogens (tertiary/aromatic N) is 3. The largest absolute Gasteiger partial charge is 0.467 e. The molecule has 0 aliphatic rings. The molecule has 0 aliphatic heterocycles. The van der Waals surface area contributed by atoms with Crippen LogP contribution in [0.5, 0.6) is 6.01 Å². The number of benzene rings is 1. The van der Waals surface area contributed by atoms with E-state index in [2.05, 4.69) is 25.6 Å². The first kappa shape index (κ1) is 13.3. The van der Waals surface area contributed by atoms with E-state index in [4.69, 9.17) is 16.3 Å². The highest BCUT2D eigenvalue weighted by molar-refractivity contribution is 6.31. The van der Waals surface area contributed by atoms with Crippen LogP contribution in [-0.4, -0.2) is 29.1 Å². The molecule has 19 heavy (non-hydrogen) atoms. The molecule has 0 saturated carbocycles. The van der Waals surface area contributed by atoms with E-state index >= 15 is 0 Å². The molecule has 2 N–H and O–H groups in total. The van der Waals surface area contributed by atoms with Crippen LogP contribution in [0.3, 0.4) is 0 Å². The lowest BCUT2D eigenvalue weighted by Gasteiger charge is -2.08. The van der Waals surface area contributed by atoms with E-state index in [0.717, 1.165) is 0 Å². The summed E-state index contributed by atoms with van der Waals surface area (Å²) in [5.41, 5.74) is 0.557. The monoisotopic (exact) mass is 283 g/mol. The van der Waals surface area contributed by atoms with E-state index in [-0.39, 0.29) is 17.0 Å². The summed E-state index contributed by atoms with van der Waals surface area (Å²) in [6.45, 7) is 0. The molecule has 6 nitrogen and oxygen atoms in total. The highest BCUT2D eigenvalue weighted by Crippen LogP contribution is 2.22. The van der Waals surface area contributed by atoms with Gasteiger partial charge in [-0.2, -0.15) is 15.0 Å². The Balaban J connectivity index is 2.29. The summed E-state index contributed by atoms with van der Waals surface area (Å²) in [6.07, 6.45) is 0. The number of hydrogen-bond acceptors (Lipinski definition) is 6. The lowest BCUT2D eigenvalue weighted by atomic mass is 10.3. The third kappa shape index (κ3) is 3.19. The fourth-order valence-electron chi connectivity index (χ4n) is 1.32. The van der Waals surface area contributed by atoms with Gasteiger partial charge in [0.2, 0.25) is 11.9 Å². The van der Waals surface area contributed by atoms with Crippen LogP contribution in [0.25, 0.3) is 0 Å². The van der Waals surface area contributed by atoms with Gasteiger partial charge in [0.1, 0.15) is 5.82 Å². The second-order valence-corrected chi connectivity index (χ2v) is 3.88. The van der Waals surface area contributed by atoms with Gasteiger partial charge in [0.25, 0.3) is 0 Å². The molecule has 1 aromatic heterocycles. The summed E-state index contributed by atoms with van der Waals surface area (Å²) in [7, 11) is 3.13. The first-order valence-electron chi connectivity index (χ1n) is 5.32. The van der Waals surface area contributed by atoms with Crippen molar-refractivity contribution in [2.24, 2.45) is 0 Å². The number of rotatable bonds is 4. The first-order valence-corrected chi connectivity index (χ1v) is 5.70. The third-order valence-corrected chi connectivity index (χ3v) is 2.49. The standard InChI is InChI=1S/C11H11ClFN5O/c1-14-9-16-10(18-11(17-9)19-2)15-6-3-4-8(13)7(12)5-6/h3-5H,1-2H3,(H2,14,15,16,17,18). The summed E-state index contributed by atoms with van der Waals surface area (Å²) in [5, 5.41) is 5.68. The lowest BCUT2D eigenvalue weighted by Crippen LogP contribution is -2.05. The Kier molecular flexibility index (Phi) is 3.96. The maximum absolute atomic E-state index is 13.0. The van der Waals surface area contributed by atoms with Crippen molar-refractivity contribution in [3.8, 4) is 6.01 Å². The zero-order valence-electron chi connectivity index (χ0n) is 10.2. The van der Waals surface area contributed by atoms with E-state index in [1.54, 1.807) is 7.05 Å². The molecule has 1 aromatic carbocycles. The van der Waals surface area contributed by atoms with Gasteiger partial charge in [0, 0.05) is 12.7 Å². The zero-order chi connectivity index (χ0) is 13.8.